The molecule has 0 atom stereocenters. The molecule has 1 aliphatic heterocycles. The number of aromatic nitrogens is 1. The first-order valence-electron chi connectivity index (χ1n) is 7.39. The fourth-order valence-corrected chi connectivity index (χ4v) is 3.54. The van der Waals surface area contributed by atoms with Crippen molar-refractivity contribution in [3.8, 4) is 0 Å². The van der Waals surface area contributed by atoms with Crippen LogP contribution in [-0.2, 0) is 13.0 Å². The molecule has 3 nitrogen and oxygen atoms in total. The molecule has 5 heteroatoms. The molecule has 1 fully saturated rings. The van der Waals surface area contributed by atoms with Crippen LogP contribution in [0.2, 0.25) is 0 Å². The summed E-state index contributed by atoms with van der Waals surface area (Å²) in [5, 5.41) is 0. The van der Waals surface area contributed by atoms with Gasteiger partial charge in [0.15, 0.2) is 0 Å². The van der Waals surface area contributed by atoms with E-state index in [2.05, 4.69) is 51.2 Å². The largest absolute Gasteiger partial charge is 0.339 e. The minimum Gasteiger partial charge on any atom is -0.339 e. The SMILES string of the molecule is S=C1SCN(CCc2ccccc2)CN1Cc1ccccn1. The monoisotopic (exact) mass is 329 g/mol. The van der Waals surface area contributed by atoms with Crippen molar-refractivity contribution in [2.24, 2.45) is 0 Å². The van der Waals surface area contributed by atoms with Crippen molar-refractivity contribution in [1.29, 1.82) is 0 Å². The summed E-state index contributed by atoms with van der Waals surface area (Å²) >= 11 is 7.24. The molecule has 0 saturated carbocycles. The second kappa shape index (κ2) is 7.72. The molecule has 0 radical (unpaired) electrons. The van der Waals surface area contributed by atoms with Crippen molar-refractivity contribution in [3.63, 3.8) is 0 Å². The van der Waals surface area contributed by atoms with Crippen molar-refractivity contribution in [3.05, 3.63) is 66.0 Å². The second-order valence-electron chi connectivity index (χ2n) is 5.33. The van der Waals surface area contributed by atoms with Gasteiger partial charge in [-0.1, -0.05) is 60.4 Å². The van der Waals surface area contributed by atoms with Gasteiger partial charge >= 0.3 is 0 Å². The van der Waals surface area contributed by atoms with E-state index in [-0.39, 0.29) is 0 Å². The molecule has 0 amide bonds. The third-order valence-electron chi connectivity index (χ3n) is 3.64. The standard InChI is InChI=1S/C17H19N3S2/c21-17-20(12-16-8-4-5-10-18-16)13-19(14-22-17)11-9-15-6-2-1-3-7-15/h1-8,10H,9,11-14H2. The maximum Gasteiger partial charge on any atom is 0.139 e. The fourth-order valence-electron chi connectivity index (χ4n) is 2.45. The summed E-state index contributed by atoms with van der Waals surface area (Å²) in [6, 6.07) is 16.7. The van der Waals surface area contributed by atoms with Crippen LogP contribution < -0.4 is 0 Å². The van der Waals surface area contributed by atoms with Crippen LogP contribution in [-0.4, -0.2) is 38.2 Å². The van der Waals surface area contributed by atoms with Gasteiger partial charge in [-0.2, -0.15) is 0 Å². The number of thiocarbonyl (C=S) groups is 1. The second-order valence-corrected chi connectivity index (χ2v) is 6.91. The third kappa shape index (κ3) is 4.29. The van der Waals surface area contributed by atoms with Gasteiger partial charge in [-0.15, -0.1) is 0 Å². The molecule has 2 heterocycles. The average Bonchev–Trinajstić information content (AvgIpc) is 2.57. The molecule has 1 aromatic heterocycles. The van der Waals surface area contributed by atoms with Gasteiger partial charge in [0, 0.05) is 12.7 Å². The zero-order chi connectivity index (χ0) is 15.2. The molecule has 1 aromatic carbocycles. The lowest BCUT2D eigenvalue weighted by Gasteiger charge is -2.36. The summed E-state index contributed by atoms with van der Waals surface area (Å²) in [5.41, 5.74) is 2.45. The Kier molecular flexibility index (Phi) is 5.43. The molecule has 0 N–H and O–H groups in total. The Morgan fingerprint density at radius 1 is 1.09 bits per heavy atom. The van der Waals surface area contributed by atoms with Gasteiger partial charge in [0.1, 0.15) is 4.32 Å². The Morgan fingerprint density at radius 3 is 2.68 bits per heavy atom. The van der Waals surface area contributed by atoms with Crippen molar-refractivity contribution >= 4 is 28.3 Å². The van der Waals surface area contributed by atoms with Crippen LogP contribution in [0.15, 0.2) is 54.7 Å². The van der Waals surface area contributed by atoms with Crippen LogP contribution in [0.1, 0.15) is 11.3 Å². The van der Waals surface area contributed by atoms with Gasteiger partial charge in [-0.25, -0.2) is 0 Å². The third-order valence-corrected chi connectivity index (χ3v) is 5.25. The Balaban J connectivity index is 1.55. The molecule has 1 aliphatic rings. The lowest BCUT2D eigenvalue weighted by molar-refractivity contribution is 0.208. The quantitative estimate of drug-likeness (QED) is 0.781. The molecule has 0 bridgehead atoms. The molecular formula is C17H19N3S2. The molecule has 0 spiro atoms. The topological polar surface area (TPSA) is 19.4 Å². The lowest BCUT2D eigenvalue weighted by atomic mass is 10.1. The van der Waals surface area contributed by atoms with E-state index in [9.17, 15) is 0 Å². The van der Waals surface area contributed by atoms with Gasteiger partial charge in [0.2, 0.25) is 0 Å². The van der Waals surface area contributed by atoms with E-state index in [1.54, 1.807) is 11.8 Å². The molecular weight excluding hydrogens is 310 g/mol. The van der Waals surface area contributed by atoms with Gasteiger partial charge in [0.05, 0.1) is 24.8 Å². The predicted molar refractivity (Wildman–Crippen MR) is 96.6 cm³/mol. The van der Waals surface area contributed by atoms with Gasteiger partial charge < -0.3 is 4.90 Å². The smallest absolute Gasteiger partial charge is 0.139 e. The zero-order valence-electron chi connectivity index (χ0n) is 12.4. The van der Waals surface area contributed by atoms with E-state index >= 15 is 0 Å². The van der Waals surface area contributed by atoms with Crippen molar-refractivity contribution < 1.29 is 0 Å². The Bertz CT molecular complexity index is 604. The molecule has 114 valence electrons. The van der Waals surface area contributed by atoms with Crippen LogP contribution in [0, 0.1) is 0 Å². The number of hydrogen-bond donors (Lipinski definition) is 0. The van der Waals surface area contributed by atoms with Crippen LogP contribution >= 0.6 is 24.0 Å². The molecule has 0 unspecified atom stereocenters. The van der Waals surface area contributed by atoms with Crippen LogP contribution in [0.25, 0.3) is 0 Å². The van der Waals surface area contributed by atoms with E-state index < -0.39 is 0 Å². The summed E-state index contributed by atoms with van der Waals surface area (Å²) in [5.74, 6) is 0.977. The summed E-state index contributed by atoms with van der Waals surface area (Å²) in [6.45, 7) is 2.72. The Labute approximate surface area is 141 Å². The van der Waals surface area contributed by atoms with Gasteiger partial charge in [-0.05, 0) is 24.1 Å². The summed E-state index contributed by atoms with van der Waals surface area (Å²) in [4.78, 5) is 9.07. The summed E-state index contributed by atoms with van der Waals surface area (Å²) in [6.07, 6.45) is 2.91. The van der Waals surface area contributed by atoms with Crippen molar-refractivity contribution in [2.45, 2.75) is 13.0 Å². The molecule has 3 rings (SSSR count). The zero-order valence-corrected chi connectivity index (χ0v) is 14.0. The van der Waals surface area contributed by atoms with Crippen LogP contribution in [0.3, 0.4) is 0 Å². The van der Waals surface area contributed by atoms with E-state index in [4.69, 9.17) is 12.2 Å². The van der Waals surface area contributed by atoms with E-state index in [0.717, 1.165) is 42.1 Å². The van der Waals surface area contributed by atoms with Crippen LogP contribution in [0.5, 0.6) is 0 Å². The van der Waals surface area contributed by atoms with E-state index in [1.807, 2.05) is 18.3 Å². The number of benzene rings is 1. The first-order valence-corrected chi connectivity index (χ1v) is 8.78. The van der Waals surface area contributed by atoms with Crippen LogP contribution in [0.4, 0.5) is 0 Å². The molecule has 22 heavy (non-hydrogen) atoms. The normalized spacial score (nSPS) is 16.0. The van der Waals surface area contributed by atoms with Gasteiger partial charge in [-0.3, -0.25) is 9.88 Å². The first-order chi connectivity index (χ1) is 10.8. The highest BCUT2D eigenvalue weighted by Crippen LogP contribution is 2.20. The Hall–Kier alpha value is -1.43. The first kappa shape index (κ1) is 15.5. The number of nitrogens with zero attached hydrogens (tertiary/aromatic N) is 3. The maximum atomic E-state index is 5.49. The van der Waals surface area contributed by atoms with Crippen molar-refractivity contribution in [2.75, 3.05) is 19.1 Å². The van der Waals surface area contributed by atoms with Crippen molar-refractivity contribution in [1.82, 2.24) is 14.8 Å². The number of pyridine rings is 1. The average molecular weight is 329 g/mol. The predicted octanol–water partition coefficient (Wildman–Crippen LogP) is 3.38. The lowest BCUT2D eigenvalue weighted by Crippen LogP contribution is -2.45. The van der Waals surface area contributed by atoms with Gasteiger partial charge in [0.25, 0.3) is 0 Å². The molecule has 1 saturated heterocycles. The fraction of sp³-hybridized carbons (Fsp3) is 0.294. The summed E-state index contributed by atoms with van der Waals surface area (Å²) < 4.78 is 0.974. The van der Waals surface area contributed by atoms with E-state index in [1.165, 1.54) is 5.56 Å². The summed E-state index contributed by atoms with van der Waals surface area (Å²) in [7, 11) is 0. The Morgan fingerprint density at radius 2 is 1.91 bits per heavy atom. The number of thioether (sulfide) groups is 1. The minimum absolute atomic E-state index is 0.786. The highest BCUT2D eigenvalue weighted by molar-refractivity contribution is 8.22. The van der Waals surface area contributed by atoms with E-state index in [0.29, 0.717) is 0 Å². The number of hydrogen-bond acceptors (Lipinski definition) is 4. The highest BCUT2D eigenvalue weighted by atomic mass is 32.2. The minimum atomic E-state index is 0.786. The highest BCUT2D eigenvalue weighted by Gasteiger charge is 2.21. The maximum absolute atomic E-state index is 5.49. The molecule has 2 aromatic rings. The number of rotatable bonds is 5. The molecule has 0 aliphatic carbocycles.